The van der Waals surface area contributed by atoms with Gasteiger partial charge in [-0.05, 0) is 30.3 Å². The number of rotatable bonds is 14. The van der Waals surface area contributed by atoms with Gasteiger partial charge in [0.25, 0.3) is 20.0 Å². The number of fused-ring (bicyclic) bond motifs is 1. The van der Waals surface area contributed by atoms with Gasteiger partial charge >= 0.3 is 21.6 Å². The lowest BCUT2D eigenvalue weighted by Crippen LogP contribution is -2.46. The molecule has 13 N–H and O–H groups in total. The molecule has 5 heterocycles. The van der Waals surface area contributed by atoms with Gasteiger partial charge in [-0.25, -0.2) is 33.2 Å². The number of phosphoric acid groups is 3. The van der Waals surface area contributed by atoms with Crippen LogP contribution in [0, 0.1) is 0 Å². The number of nitrogens with zero attached hydrogens (tertiary/aromatic N) is 5. The second-order valence-corrected chi connectivity index (χ2v) is 16.4. The van der Waals surface area contributed by atoms with Crippen LogP contribution in [-0.2, 0) is 41.1 Å². The molecule has 2 aliphatic rings. The normalized spacial score (nSPS) is 26.7. The first-order chi connectivity index (χ1) is 27.1. The van der Waals surface area contributed by atoms with Crippen molar-refractivity contribution in [3.8, 4) is 0 Å². The number of primary amides is 1. The van der Waals surface area contributed by atoms with Gasteiger partial charge in [0.2, 0.25) is 0 Å². The number of hydrogen-bond donors (Lipinski definition) is 10. The number of phosphoric ester groups is 3. The van der Waals surface area contributed by atoms with Crippen molar-refractivity contribution in [2.75, 3.05) is 24.7 Å². The number of nitrogens with two attached hydrogens (primary N) is 3. The second-order valence-electron chi connectivity index (χ2n) is 12.2. The van der Waals surface area contributed by atoms with E-state index in [2.05, 4.69) is 32.8 Å². The number of aromatic carboxylic acids is 1. The number of ether oxygens (including phenoxy) is 2. The van der Waals surface area contributed by atoms with Crippen LogP contribution in [0.1, 0.15) is 33.2 Å². The summed E-state index contributed by atoms with van der Waals surface area (Å²) in [6, 6.07) is 8.83. The first kappa shape index (κ1) is 44.7. The maximum absolute atomic E-state index is 12.5. The van der Waals surface area contributed by atoms with Gasteiger partial charge in [-0.1, -0.05) is 0 Å². The number of carbonyl (C=O) groups excluding carboxylic acids is 1. The molecule has 1 aromatic carbocycles. The van der Waals surface area contributed by atoms with Crippen molar-refractivity contribution in [2.45, 2.75) is 49.1 Å². The van der Waals surface area contributed by atoms with Crippen LogP contribution in [0.5, 0.6) is 0 Å². The summed E-state index contributed by atoms with van der Waals surface area (Å²) >= 11 is 0. The fourth-order valence-corrected chi connectivity index (χ4v) is 8.05. The Balaban J connectivity index is 0.000000559. The van der Waals surface area contributed by atoms with Crippen LogP contribution >= 0.6 is 23.5 Å². The number of imidazole rings is 1. The molecule has 10 atom stereocenters. The highest BCUT2D eigenvalue weighted by Crippen LogP contribution is 2.58. The van der Waals surface area contributed by atoms with Crippen LogP contribution in [0.15, 0.2) is 61.4 Å². The molecule has 30 heteroatoms. The molecule has 0 bridgehead atoms. The molecule has 0 spiro atoms. The summed E-state index contributed by atoms with van der Waals surface area (Å²) in [5, 5.41) is 39.9. The van der Waals surface area contributed by atoms with Crippen molar-refractivity contribution < 1.29 is 95.2 Å². The molecular formula is C28H35N8O19P3. The largest absolute Gasteiger partial charge is 0.756 e. The molecule has 2 saturated heterocycles. The van der Waals surface area contributed by atoms with E-state index < -0.39 is 97.6 Å². The van der Waals surface area contributed by atoms with Crippen molar-refractivity contribution in [3.05, 3.63) is 72.6 Å². The summed E-state index contributed by atoms with van der Waals surface area (Å²) in [5.41, 5.74) is 17.2. The minimum atomic E-state index is -5.72. The number of carboxylic acid groups (broad SMARTS) is 1. The number of carboxylic acids is 1. The van der Waals surface area contributed by atoms with Crippen molar-refractivity contribution in [2.24, 2.45) is 5.73 Å². The van der Waals surface area contributed by atoms with Gasteiger partial charge in [-0.15, -0.1) is 0 Å². The lowest BCUT2D eigenvalue weighted by molar-refractivity contribution is -0.765. The molecule has 6 rings (SSSR count). The van der Waals surface area contributed by atoms with Gasteiger partial charge in [0.05, 0.1) is 25.1 Å². The van der Waals surface area contributed by atoms with Crippen LogP contribution in [0.3, 0.4) is 0 Å². The lowest BCUT2D eigenvalue weighted by Gasteiger charge is -2.26. The molecule has 3 aromatic heterocycles. The van der Waals surface area contributed by atoms with Crippen LogP contribution < -0.4 is 26.7 Å². The minimum absolute atomic E-state index is 0.00541. The Hall–Kier alpha value is -4.37. The number of anilines is 2. The highest BCUT2D eigenvalue weighted by atomic mass is 31.3. The predicted molar refractivity (Wildman–Crippen MR) is 186 cm³/mol. The van der Waals surface area contributed by atoms with Crippen LogP contribution in [0.2, 0.25) is 0 Å². The molecule has 0 radical (unpaired) electrons. The quantitative estimate of drug-likeness (QED) is 0.0354. The number of carbonyl (C=O) groups is 2. The van der Waals surface area contributed by atoms with E-state index in [-0.39, 0.29) is 28.1 Å². The number of hydrogen-bond acceptors (Lipinski definition) is 20. The van der Waals surface area contributed by atoms with Gasteiger partial charge in [0, 0.05) is 11.8 Å². The molecule has 0 saturated carbocycles. The number of aliphatic hydroxyl groups is 3. The molecular weight excluding hydrogens is 845 g/mol. The number of benzene rings is 1. The van der Waals surface area contributed by atoms with Crippen LogP contribution in [0.4, 0.5) is 11.5 Å². The third kappa shape index (κ3) is 11.0. The van der Waals surface area contributed by atoms with Gasteiger partial charge in [-0.3, -0.25) is 23.0 Å². The minimum Gasteiger partial charge on any atom is -0.756 e. The standard InChI is InChI=1S/C21H28N7O17P3.C7H7NO2/c22-17-12-19(25-7-24-17)28(8-26-12)21-16(44-46(33,34)35)14(30)11(43-21)6-41-48(38,39)45-47(36,37)40-5-10-13(29)15(31)20(42-10)27-3-1-2-9(4-27)18(23)32;8-6-3-1-5(2-4-6)7(9)10/h1-4,7-8,10-11,13-16,20-21,29-31H,5-6H2,(H7-,22,23,24,25,32,33,34,35,36,37,38,39);1-4H,8H2,(H,9,10)/t10-,11-,13-,14-,15-,16-,20-,21-;/m1./s1. The molecule has 316 valence electrons. The van der Waals surface area contributed by atoms with E-state index in [1.807, 2.05) is 0 Å². The Labute approximate surface area is 324 Å². The van der Waals surface area contributed by atoms with Gasteiger partial charge in [0.1, 0.15) is 47.9 Å². The Kier molecular flexibility index (Phi) is 13.8. The maximum Gasteiger partial charge on any atom is 0.478 e. The summed E-state index contributed by atoms with van der Waals surface area (Å²) in [6.07, 6.45) is -8.59. The highest BCUT2D eigenvalue weighted by molar-refractivity contribution is 7.60. The number of amides is 1. The van der Waals surface area contributed by atoms with E-state index in [4.69, 9.17) is 31.8 Å². The molecule has 27 nitrogen and oxygen atoms in total. The summed E-state index contributed by atoms with van der Waals surface area (Å²) in [6.45, 7) is -2.12. The Bertz CT molecular complexity index is 2260. The summed E-state index contributed by atoms with van der Waals surface area (Å²) < 4.78 is 67.9. The third-order valence-electron chi connectivity index (χ3n) is 8.13. The van der Waals surface area contributed by atoms with E-state index in [0.717, 1.165) is 17.2 Å². The molecule has 2 aliphatic heterocycles. The summed E-state index contributed by atoms with van der Waals surface area (Å²) in [4.78, 5) is 74.7. The first-order valence-corrected chi connectivity index (χ1v) is 20.6. The molecule has 2 fully saturated rings. The molecule has 0 aliphatic carbocycles. The van der Waals surface area contributed by atoms with Crippen LogP contribution in [-0.4, -0.2) is 116 Å². The van der Waals surface area contributed by atoms with E-state index in [1.165, 1.54) is 41.2 Å². The van der Waals surface area contributed by atoms with E-state index in [1.54, 1.807) is 12.1 Å². The molecule has 4 aromatic rings. The summed E-state index contributed by atoms with van der Waals surface area (Å²) in [7, 11) is -16.6. The lowest BCUT2D eigenvalue weighted by atomic mass is 10.1. The Morgan fingerprint density at radius 1 is 0.897 bits per heavy atom. The smallest absolute Gasteiger partial charge is 0.478 e. The summed E-state index contributed by atoms with van der Waals surface area (Å²) in [5.74, 6) is -1.79. The number of nitrogen functional groups attached to an aromatic ring is 2. The fraction of sp³-hybridized carbons (Fsp3) is 0.357. The van der Waals surface area contributed by atoms with Gasteiger partial charge in [-0.2, -0.15) is 4.57 Å². The second kappa shape index (κ2) is 17.9. The average molecular weight is 881 g/mol. The molecule has 1 amide bonds. The Morgan fingerprint density at radius 2 is 1.55 bits per heavy atom. The first-order valence-electron chi connectivity index (χ1n) is 16.1. The predicted octanol–water partition coefficient (Wildman–Crippen LogP) is -2.56. The molecule has 2 unspecified atom stereocenters. The SMILES string of the molecule is NC(=O)c1ccc[n+]([C@@H]2O[C@H](COP(=O)([O-])OP(=O)(O)OC[C@H]3O[C@@H](n4cnc5c(N)ncnc54)[C@H](OP(=O)(O)O)[C@@H]3O)[C@@H](O)[C@H]2O)c1.Nc1ccc(C(=O)O)cc1. The average Bonchev–Trinajstić information content (AvgIpc) is 3.79. The van der Waals surface area contributed by atoms with E-state index in [0.29, 0.717) is 5.69 Å². The maximum atomic E-state index is 12.5. The number of aliphatic hydroxyl groups excluding tert-OH is 3. The molecule has 58 heavy (non-hydrogen) atoms. The van der Waals surface area contributed by atoms with E-state index in [9.17, 15) is 58.2 Å². The number of aromatic nitrogens is 5. The van der Waals surface area contributed by atoms with Crippen molar-refractivity contribution in [3.63, 3.8) is 0 Å². The highest BCUT2D eigenvalue weighted by Gasteiger charge is 2.51. The van der Waals surface area contributed by atoms with Gasteiger partial charge in [0.15, 0.2) is 36.2 Å². The topological polar surface area (TPSA) is 431 Å². The zero-order valence-electron chi connectivity index (χ0n) is 29.1. The van der Waals surface area contributed by atoms with Crippen molar-refractivity contribution in [1.29, 1.82) is 0 Å². The fourth-order valence-electron chi connectivity index (χ4n) is 5.45. The van der Waals surface area contributed by atoms with Crippen LogP contribution in [0.25, 0.3) is 11.2 Å². The third-order valence-corrected chi connectivity index (χ3v) is 11.2. The van der Waals surface area contributed by atoms with Crippen molar-refractivity contribution in [1.82, 2.24) is 19.5 Å². The van der Waals surface area contributed by atoms with Gasteiger partial charge < -0.3 is 71.2 Å². The monoisotopic (exact) mass is 880 g/mol. The number of pyridine rings is 1. The Morgan fingerprint density at radius 3 is 2.19 bits per heavy atom. The van der Waals surface area contributed by atoms with E-state index >= 15 is 0 Å². The zero-order chi connectivity index (χ0) is 42.7. The van der Waals surface area contributed by atoms with Crippen molar-refractivity contribution >= 4 is 58.0 Å². The zero-order valence-corrected chi connectivity index (χ0v) is 31.8.